The van der Waals surface area contributed by atoms with Crippen molar-refractivity contribution in [2.75, 3.05) is 28.2 Å². The molecular formula is C43H40Br2Cl2N2O. The van der Waals surface area contributed by atoms with E-state index in [1.807, 2.05) is 60.7 Å². The van der Waals surface area contributed by atoms with Gasteiger partial charge in [-0.25, -0.2) is 0 Å². The number of hydrogen-bond acceptors (Lipinski definition) is 3. The molecule has 0 aromatic heterocycles. The highest BCUT2D eigenvalue weighted by Gasteiger charge is 2.48. The van der Waals surface area contributed by atoms with E-state index >= 15 is 0 Å². The molecule has 2 aliphatic carbocycles. The Morgan fingerprint density at radius 3 is 1.32 bits per heavy atom. The zero-order valence-electron chi connectivity index (χ0n) is 28.7. The van der Waals surface area contributed by atoms with Crippen molar-refractivity contribution in [1.82, 2.24) is 9.80 Å². The average molecular weight is 832 g/mol. The van der Waals surface area contributed by atoms with Crippen LogP contribution in [-0.4, -0.2) is 52.4 Å². The van der Waals surface area contributed by atoms with E-state index < -0.39 is 8.65 Å². The highest BCUT2D eigenvalue weighted by atomic mass is 79.9. The van der Waals surface area contributed by atoms with E-state index in [2.05, 4.69) is 131 Å². The Hall–Kier alpha value is -3.03. The molecule has 0 radical (unpaired) electrons. The van der Waals surface area contributed by atoms with Crippen LogP contribution in [0.2, 0.25) is 0 Å². The molecule has 4 aromatic rings. The molecular weight excluding hydrogens is 791 g/mol. The number of benzene rings is 4. The average Bonchev–Trinajstić information content (AvgIpc) is 3.09. The van der Waals surface area contributed by atoms with Gasteiger partial charge in [-0.05, 0) is 96.0 Å². The van der Waals surface area contributed by atoms with Gasteiger partial charge in [0.25, 0.3) is 0 Å². The molecule has 0 aliphatic heterocycles. The number of ketones is 1. The number of allylic oxidation sites excluding steroid dienone is 8. The van der Waals surface area contributed by atoms with Crippen molar-refractivity contribution >= 4 is 72.0 Å². The fourth-order valence-electron chi connectivity index (χ4n) is 6.79. The van der Waals surface area contributed by atoms with E-state index in [-0.39, 0.29) is 5.78 Å². The molecule has 2 aliphatic rings. The van der Waals surface area contributed by atoms with E-state index in [1.54, 1.807) is 0 Å². The molecule has 0 amide bonds. The number of carbonyl (C=O) groups is 1. The fraction of sp³-hybridized carbons (Fsp3) is 0.233. The molecule has 0 spiro atoms. The number of nitrogens with zero attached hydrogens (tertiary/aromatic N) is 2. The van der Waals surface area contributed by atoms with Gasteiger partial charge in [0, 0.05) is 36.0 Å². The van der Waals surface area contributed by atoms with Gasteiger partial charge in [-0.15, -0.1) is 0 Å². The first kappa shape index (κ1) is 36.8. The normalized spacial score (nSPS) is 20.7. The minimum absolute atomic E-state index is 0.0545. The van der Waals surface area contributed by atoms with Gasteiger partial charge in [0.05, 0.1) is 0 Å². The van der Waals surface area contributed by atoms with Crippen LogP contribution in [0.3, 0.4) is 0 Å². The summed E-state index contributed by atoms with van der Waals surface area (Å²) in [5, 5.41) is 1.25. The minimum atomic E-state index is -1.02. The van der Waals surface area contributed by atoms with Crippen LogP contribution in [-0.2, 0) is 17.9 Å². The second kappa shape index (κ2) is 15.3. The zero-order valence-corrected chi connectivity index (χ0v) is 33.4. The van der Waals surface area contributed by atoms with Gasteiger partial charge in [-0.1, -0.05) is 164 Å². The topological polar surface area (TPSA) is 23.6 Å². The van der Waals surface area contributed by atoms with E-state index in [0.29, 0.717) is 22.9 Å². The largest absolute Gasteiger partial charge is 0.305 e. The van der Waals surface area contributed by atoms with Crippen molar-refractivity contribution in [3.05, 3.63) is 154 Å². The Kier molecular flexibility index (Phi) is 11.2. The molecule has 0 heterocycles. The summed E-state index contributed by atoms with van der Waals surface area (Å²) in [4.78, 5) is 18.8. The summed E-state index contributed by atoms with van der Waals surface area (Å²) in [5.41, 5.74) is 10.8. The molecule has 2 atom stereocenters. The van der Waals surface area contributed by atoms with Crippen LogP contribution >= 0.6 is 55.1 Å². The Bertz CT molecular complexity index is 1890. The standard InChI is InChI=1S/C43H40Br2Cl2N2O/c1-48(2)27-29-15-17-33(37(23-29)31-11-7-5-8-12-31)35-19-21-42(44,25-39(35)46)41(50)43(45)22-20-36(40(47)26-43)34-18-16-30(28-49(3)4)24-38(34)32-13-9-6-10-14-32/h5-24H,25-28H2,1-4H3. The van der Waals surface area contributed by atoms with Crippen molar-refractivity contribution in [3.8, 4) is 22.3 Å². The molecule has 7 heteroatoms. The van der Waals surface area contributed by atoms with Gasteiger partial charge in [-0.3, -0.25) is 4.79 Å². The number of hydrogen-bond donors (Lipinski definition) is 0. The Labute approximate surface area is 323 Å². The number of alkyl halides is 2. The minimum Gasteiger partial charge on any atom is -0.305 e. The third kappa shape index (κ3) is 7.89. The number of carbonyl (C=O) groups excluding carboxylic acids is 1. The maximum Gasteiger partial charge on any atom is 0.174 e. The van der Waals surface area contributed by atoms with Crippen molar-refractivity contribution in [3.63, 3.8) is 0 Å². The van der Waals surface area contributed by atoms with Gasteiger partial charge in [0.15, 0.2) is 5.78 Å². The Morgan fingerprint density at radius 1 is 0.600 bits per heavy atom. The van der Waals surface area contributed by atoms with Gasteiger partial charge in [0.2, 0.25) is 0 Å². The lowest BCUT2D eigenvalue weighted by Crippen LogP contribution is -2.45. The molecule has 0 saturated heterocycles. The van der Waals surface area contributed by atoms with Crippen LogP contribution < -0.4 is 0 Å². The maximum absolute atomic E-state index is 14.5. The van der Waals surface area contributed by atoms with Crippen LogP contribution in [0.15, 0.2) is 131 Å². The summed E-state index contributed by atoms with van der Waals surface area (Å²) in [6.45, 7) is 1.66. The summed E-state index contributed by atoms with van der Waals surface area (Å²) < 4.78 is -2.03. The molecule has 0 N–H and O–H groups in total. The molecule has 3 nitrogen and oxygen atoms in total. The second-order valence-electron chi connectivity index (χ2n) is 13.7. The van der Waals surface area contributed by atoms with Crippen molar-refractivity contribution < 1.29 is 4.79 Å². The Morgan fingerprint density at radius 2 is 0.980 bits per heavy atom. The van der Waals surface area contributed by atoms with E-state index in [4.69, 9.17) is 23.2 Å². The summed E-state index contributed by atoms with van der Waals surface area (Å²) in [6, 6.07) is 33.8. The monoisotopic (exact) mass is 828 g/mol. The van der Waals surface area contributed by atoms with Gasteiger partial charge in [0.1, 0.15) is 8.65 Å². The van der Waals surface area contributed by atoms with Gasteiger partial charge < -0.3 is 9.80 Å². The quantitative estimate of drug-likeness (QED) is 0.149. The van der Waals surface area contributed by atoms with Crippen LogP contribution in [0.1, 0.15) is 35.1 Å². The van der Waals surface area contributed by atoms with Crippen LogP contribution in [0.4, 0.5) is 0 Å². The first-order valence-electron chi connectivity index (χ1n) is 16.6. The highest BCUT2D eigenvalue weighted by Crippen LogP contribution is 2.49. The lowest BCUT2D eigenvalue weighted by Gasteiger charge is -2.36. The lowest BCUT2D eigenvalue weighted by atomic mass is 9.80. The first-order valence-corrected chi connectivity index (χ1v) is 19.0. The Balaban J connectivity index is 1.29. The number of Topliss-reactive ketones (excluding diaryl/α,β-unsaturated/α-hetero) is 1. The van der Waals surface area contributed by atoms with Crippen molar-refractivity contribution in [2.24, 2.45) is 0 Å². The first-order chi connectivity index (χ1) is 23.9. The molecule has 256 valence electrons. The van der Waals surface area contributed by atoms with E-state index in [1.165, 1.54) is 11.1 Å². The number of rotatable bonds is 10. The van der Waals surface area contributed by atoms with Gasteiger partial charge >= 0.3 is 0 Å². The molecule has 0 bridgehead atoms. The third-order valence-electron chi connectivity index (χ3n) is 9.11. The van der Waals surface area contributed by atoms with Crippen LogP contribution in [0.25, 0.3) is 33.4 Å². The molecule has 4 aromatic carbocycles. The highest BCUT2D eigenvalue weighted by molar-refractivity contribution is 9.11. The smallest absolute Gasteiger partial charge is 0.174 e. The summed E-state index contributed by atoms with van der Waals surface area (Å²) >= 11 is 21.9. The molecule has 2 unspecified atom stereocenters. The van der Waals surface area contributed by atoms with Gasteiger partial charge in [-0.2, -0.15) is 0 Å². The van der Waals surface area contributed by atoms with Crippen molar-refractivity contribution in [1.29, 1.82) is 0 Å². The molecule has 0 fully saturated rings. The van der Waals surface area contributed by atoms with Crippen LogP contribution in [0.5, 0.6) is 0 Å². The SMILES string of the molecule is CN(C)Cc1ccc(C2=C(Cl)CC(Br)(C(=O)C3(Br)C=CC(c4ccc(CN(C)C)cc4-c4ccccc4)=C(Cl)C3)C=C2)c(-c2ccccc2)c1. The summed E-state index contributed by atoms with van der Waals surface area (Å²) in [7, 11) is 8.28. The maximum atomic E-state index is 14.5. The summed E-state index contributed by atoms with van der Waals surface area (Å²) in [6.07, 6.45) is 8.49. The lowest BCUT2D eigenvalue weighted by molar-refractivity contribution is -0.121. The zero-order chi connectivity index (χ0) is 35.6. The predicted molar refractivity (Wildman–Crippen MR) is 220 cm³/mol. The molecule has 6 rings (SSSR count). The van der Waals surface area contributed by atoms with Crippen LogP contribution in [0, 0.1) is 0 Å². The predicted octanol–water partition coefficient (Wildman–Crippen LogP) is 11.5. The second-order valence-corrected chi connectivity index (χ2v) is 17.4. The number of halogens is 4. The van der Waals surface area contributed by atoms with Crippen molar-refractivity contribution in [2.45, 2.75) is 34.6 Å². The third-order valence-corrected chi connectivity index (χ3v) is 11.6. The van der Waals surface area contributed by atoms with E-state index in [9.17, 15) is 4.79 Å². The summed E-state index contributed by atoms with van der Waals surface area (Å²) in [5.74, 6) is -0.0545. The fourth-order valence-corrected chi connectivity index (χ4v) is 9.67. The molecule has 0 saturated carbocycles. The molecule has 50 heavy (non-hydrogen) atoms. The van der Waals surface area contributed by atoms with E-state index in [0.717, 1.165) is 57.6 Å².